The van der Waals surface area contributed by atoms with Crippen LogP contribution >= 0.6 is 0 Å². The highest BCUT2D eigenvalue weighted by Gasteiger charge is 2.50. The standard InChI is InChI=1S/C66H104O12S/c1-3-5-7-9-11-13-15-17-19-21-23-25-27-29-40-48-61(67)72-53-59(77-62(68)49-41-30-28-26-24-22-20-18-16-14-12-10-8-6-4-2)54-76-66-65(75-52-58-46-38-33-39-47-58)64(74-51-57-44-36-32-37-45-57)63(60(78-66)55-79(69,70)71)73-50-56-42-34-31-35-43-56/h31-39,42-47,59-60,63-66H,3-30,40-41,48-55H2,1-2H3,(H,69,70,71)/t59?,60-,63+,64+,65-,66-/m1/s1. The zero-order valence-corrected chi connectivity index (χ0v) is 49.7. The van der Waals surface area contributed by atoms with Gasteiger partial charge in [0.2, 0.25) is 0 Å². The Labute approximate surface area is 478 Å². The molecule has 3 aromatic carbocycles. The molecule has 79 heavy (non-hydrogen) atoms. The third kappa shape index (κ3) is 33.1. The van der Waals surface area contributed by atoms with Crippen molar-refractivity contribution in [3.63, 3.8) is 0 Å². The molecule has 1 unspecified atom stereocenters. The van der Waals surface area contributed by atoms with Crippen molar-refractivity contribution < 1.29 is 55.7 Å². The van der Waals surface area contributed by atoms with E-state index in [0.29, 0.717) is 12.8 Å². The normalized spacial score (nSPS) is 17.9. The Morgan fingerprint density at radius 2 is 0.785 bits per heavy atom. The molecular formula is C66H104O12S. The van der Waals surface area contributed by atoms with E-state index in [2.05, 4.69) is 13.8 Å². The van der Waals surface area contributed by atoms with Gasteiger partial charge in [0.05, 0.1) is 26.4 Å². The fourth-order valence-corrected chi connectivity index (χ4v) is 11.0. The summed E-state index contributed by atoms with van der Waals surface area (Å²) in [5.74, 6) is -1.62. The maximum atomic E-state index is 13.5. The van der Waals surface area contributed by atoms with Crippen LogP contribution in [-0.4, -0.2) is 80.7 Å². The van der Waals surface area contributed by atoms with Gasteiger partial charge in [0.15, 0.2) is 12.4 Å². The van der Waals surface area contributed by atoms with Gasteiger partial charge in [-0.25, -0.2) is 0 Å². The van der Waals surface area contributed by atoms with Crippen molar-refractivity contribution in [1.29, 1.82) is 0 Å². The van der Waals surface area contributed by atoms with E-state index in [4.69, 9.17) is 33.2 Å². The predicted octanol–water partition coefficient (Wildman–Crippen LogP) is 16.3. The molecule has 1 N–H and O–H groups in total. The molecule has 0 aromatic heterocycles. The molecule has 0 aliphatic carbocycles. The van der Waals surface area contributed by atoms with E-state index < -0.39 is 58.7 Å². The van der Waals surface area contributed by atoms with Crippen LogP contribution < -0.4 is 0 Å². The van der Waals surface area contributed by atoms with Gasteiger partial charge in [-0.15, -0.1) is 0 Å². The monoisotopic (exact) mass is 1120 g/mol. The number of unbranched alkanes of at least 4 members (excludes halogenated alkanes) is 28. The van der Waals surface area contributed by atoms with Gasteiger partial charge in [-0.3, -0.25) is 14.1 Å². The molecule has 0 spiro atoms. The lowest BCUT2D eigenvalue weighted by atomic mass is 9.98. The van der Waals surface area contributed by atoms with Crippen LogP contribution in [0.3, 0.4) is 0 Å². The van der Waals surface area contributed by atoms with Gasteiger partial charge < -0.3 is 33.2 Å². The summed E-state index contributed by atoms with van der Waals surface area (Å²) in [4.78, 5) is 26.8. The summed E-state index contributed by atoms with van der Waals surface area (Å²) < 4.78 is 80.4. The Hall–Kier alpha value is -3.69. The lowest BCUT2D eigenvalue weighted by Crippen LogP contribution is -2.62. The lowest BCUT2D eigenvalue weighted by molar-refractivity contribution is -0.322. The number of rotatable bonds is 49. The summed E-state index contributed by atoms with van der Waals surface area (Å²) in [6, 6.07) is 28.6. The van der Waals surface area contributed by atoms with E-state index in [9.17, 15) is 22.6 Å². The summed E-state index contributed by atoms with van der Waals surface area (Å²) >= 11 is 0. The van der Waals surface area contributed by atoms with Crippen molar-refractivity contribution in [3.05, 3.63) is 108 Å². The molecule has 12 nitrogen and oxygen atoms in total. The van der Waals surface area contributed by atoms with Gasteiger partial charge in [-0.1, -0.05) is 285 Å². The first-order valence-electron chi connectivity index (χ1n) is 31.2. The molecule has 0 bridgehead atoms. The summed E-state index contributed by atoms with van der Waals surface area (Å²) in [7, 11) is -4.62. The van der Waals surface area contributed by atoms with Crippen LogP contribution in [-0.2, 0) is 72.7 Å². The quantitative estimate of drug-likeness (QED) is 0.0325. The van der Waals surface area contributed by atoms with E-state index in [1.807, 2.05) is 91.0 Å². The van der Waals surface area contributed by atoms with Crippen LogP contribution in [0, 0.1) is 0 Å². The molecule has 0 saturated carbocycles. The fourth-order valence-electron chi connectivity index (χ4n) is 10.3. The zero-order chi connectivity index (χ0) is 56.3. The Bertz CT molecular complexity index is 2040. The number of benzene rings is 3. The van der Waals surface area contributed by atoms with Crippen molar-refractivity contribution in [2.45, 2.75) is 276 Å². The van der Waals surface area contributed by atoms with Crippen molar-refractivity contribution in [2.24, 2.45) is 0 Å². The average Bonchev–Trinajstić information content (AvgIpc) is 3.48. The third-order valence-corrected chi connectivity index (χ3v) is 15.7. The summed E-state index contributed by atoms with van der Waals surface area (Å²) in [5.41, 5.74) is 2.54. The number of esters is 2. The molecule has 0 radical (unpaired) electrons. The van der Waals surface area contributed by atoms with Gasteiger partial charge in [-0.05, 0) is 29.5 Å². The highest BCUT2D eigenvalue weighted by Crippen LogP contribution is 2.32. The smallest absolute Gasteiger partial charge is 0.306 e. The highest BCUT2D eigenvalue weighted by molar-refractivity contribution is 7.85. The average molecular weight is 1120 g/mol. The van der Waals surface area contributed by atoms with E-state index in [-0.39, 0.29) is 51.8 Å². The second kappa shape index (κ2) is 44.0. The minimum Gasteiger partial charge on any atom is -0.462 e. The van der Waals surface area contributed by atoms with Gasteiger partial charge in [0.1, 0.15) is 36.8 Å². The summed E-state index contributed by atoms with van der Waals surface area (Å²) in [6.45, 7) is 4.32. The molecule has 3 aromatic rings. The Morgan fingerprint density at radius 3 is 1.16 bits per heavy atom. The molecular weight excluding hydrogens is 1020 g/mol. The first-order chi connectivity index (χ1) is 38.6. The van der Waals surface area contributed by atoms with Crippen LogP contribution in [0.4, 0.5) is 0 Å². The summed E-state index contributed by atoms with van der Waals surface area (Å²) in [5, 5.41) is 0. The number of hydrogen-bond donors (Lipinski definition) is 1. The topological polar surface area (TPSA) is 153 Å². The van der Waals surface area contributed by atoms with Crippen molar-refractivity contribution in [3.8, 4) is 0 Å². The molecule has 446 valence electrons. The van der Waals surface area contributed by atoms with Gasteiger partial charge in [0.25, 0.3) is 10.1 Å². The fraction of sp³-hybridized carbons (Fsp3) is 0.697. The van der Waals surface area contributed by atoms with Crippen LogP contribution in [0.1, 0.15) is 236 Å². The van der Waals surface area contributed by atoms with Crippen molar-refractivity contribution >= 4 is 22.1 Å². The van der Waals surface area contributed by atoms with Gasteiger partial charge >= 0.3 is 11.9 Å². The zero-order valence-electron chi connectivity index (χ0n) is 48.8. The third-order valence-electron chi connectivity index (χ3n) is 15.0. The Kier molecular flexibility index (Phi) is 37.7. The molecule has 1 heterocycles. The second-order valence-corrected chi connectivity index (χ2v) is 23.6. The number of carbonyl (C=O) groups is 2. The van der Waals surface area contributed by atoms with Gasteiger partial charge in [-0.2, -0.15) is 8.42 Å². The van der Waals surface area contributed by atoms with Crippen molar-refractivity contribution in [1.82, 2.24) is 0 Å². The van der Waals surface area contributed by atoms with Crippen LogP contribution in [0.15, 0.2) is 91.0 Å². The van der Waals surface area contributed by atoms with E-state index in [1.54, 1.807) is 0 Å². The molecule has 13 heteroatoms. The highest BCUT2D eigenvalue weighted by atomic mass is 32.2. The molecule has 1 aliphatic heterocycles. The van der Waals surface area contributed by atoms with Crippen LogP contribution in [0.25, 0.3) is 0 Å². The number of ether oxygens (including phenoxy) is 7. The van der Waals surface area contributed by atoms with E-state index in [1.165, 1.54) is 141 Å². The first-order valence-corrected chi connectivity index (χ1v) is 32.8. The Balaban J connectivity index is 1.39. The van der Waals surface area contributed by atoms with Gasteiger partial charge in [0, 0.05) is 12.8 Å². The van der Waals surface area contributed by atoms with Crippen molar-refractivity contribution in [2.75, 3.05) is 19.0 Å². The molecule has 1 fully saturated rings. The van der Waals surface area contributed by atoms with E-state index >= 15 is 0 Å². The maximum Gasteiger partial charge on any atom is 0.306 e. The molecule has 0 amide bonds. The number of hydrogen-bond acceptors (Lipinski definition) is 11. The maximum absolute atomic E-state index is 13.5. The van der Waals surface area contributed by atoms with Crippen LogP contribution in [0.5, 0.6) is 0 Å². The minimum atomic E-state index is -4.62. The second-order valence-electron chi connectivity index (χ2n) is 22.1. The molecule has 1 aliphatic rings. The van der Waals surface area contributed by atoms with Crippen LogP contribution in [0.2, 0.25) is 0 Å². The molecule has 4 rings (SSSR count). The molecule has 6 atom stereocenters. The van der Waals surface area contributed by atoms with E-state index in [0.717, 1.165) is 55.2 Å². The lowest BCUT2D eigenvalue weighted by Gasteiger charge is -2.45. The first kappa shape index (κ1) is 67.8. The largest absolute Gasteiger partial charge is 0.462 e. The summed E-state index contributed by atoms with van der Waals surface area (Å²) in [6.07, 6.45) is 30.4. The Morgan fingerprint density at radius 1 is 0.443 bits per heavy atom. The predicted molar refractivity (Wildman–Crippen MR) is 316 cm³/mol. The number of carbonyl (C=O) groups excluding carboxylic acids is 2. The minimum absolute atomic E-state index is 0.0844. The molecule has 1 saturated heterocycles. The SMILES string of the molecule is CCCCCCCCCCCCCCCCCC(=O)OCC(CO[C@@H]1O[C@H](CS(=O)(=O)O)[C@H](OCc2ccccc2)[C@H](OCc2ccccc2)[C@H]1OCc1ccccc1)OC(=O)CCCCCCCCCCCCCCCCC.